The van der Waals surface area contributed by atoms with Crippen molar-refractivity contribution in [2.75, 3.05) is 6.54 Å². The first-order chi connectivity index (χ1) is 10.6. The third-order valence-corrected chi connectivity index (χ3v) is 5.69. The lowest BCUT2D eigenvalue weighted by Gasteiger charge is -2.27. The summed E-state index contributed by atoms with van der Waals surface area (Å²) in [5, 5.41) is 4.58. The minimum atomic E-state index is -0.478. The molecule has 2 heterocycles. The number of aromatic nitrogens is 1. The predicted octanol–water partition coefficient (Wildman–Crippen LogP) is 2.74. The van der Waals surface area contributed by atoms with Gasteiger partial charge >= 0.3 is 0 Å². The van der Waals surface area contributed by atoms with Crippen molar-refractivity contribution in [2.45, 2.75) is 31.7 Å². The number of primary amides is 1. The minimum Gasteiger partial charge on any atom is -0.368 e. The molecule has 0 unspecified atom stereocenters. The number of amides is 2. The predicted molar refractivity (Wildman–Crippen MR) is 87.9 cm³/mol. The van der Waals surface area contributed by atoms with Gasteiger partial charge in [0.2, 0.25) is 5.91 Å². The summed E-state index contributed by atoms with van der Waals surface area (Å²) in [6.07, 6.45) is 4.04. The molecule has 2 aromatic rings. The van der Waals surface area contributed by atoms with Gasteiger partial charge in [-0.1, -0.05) is 18.9 Å². The van der Waals surface area contributed by atoms with Gasteiger partial charge in [-0.15, -0.1) is 22.7 Å². The number of hydrogen-bond acceptors (Lipinski definition) is 5. The molecular weight excluding hydrogens is 318 g/mol. The lowest BCUT2D eigenvalue weighted by Crippen LogP contribution is -2.44. The molecule has 2 N–H and O–H groups in total. The zero-order valence-corrected chi connectivity index (χ0v) is 13.7. The Morgan fingerprint density at radius 2 is 2.09 bits per heavy atom. The van der Waals surface area contributed by atoms with Gasteiger partial charge in [-0.3, -0.25) is 9.59 Å². The fraction of sp³-hybridized carbons (Fsp3) is 0.400. The van der Waals surface area contributed by atoms with Crippen LogP contribution in [0.3, 0.4) is 0 Å². The van der Waals surface area contributed by atoms with Gasteiger partial charge in [0.25, 0.3) is 5.91 Å². The van der Waals surface area contributed by atoms with E-state index >= 15 is 0 Å². The average molecular weight is 335 g/mol. The molecule has 0 spiro atoms. The topological polar surface area (TPSA) is 76.3 Å². The SMILES string of the molecule is NC(=O)CN(C(=O)c1csc(-c2cccs2)n1)C1CCCC1. The zero-order valence-electron chi connectivity index (χ0n) is 12.0. The highest BCUT2D eigenvalue weighted by Gasteiger charge is 2.29. The molecule has 1 aliphatic rings. The summed E-state index contributed by atoms with van der Waals surface area (Å²) in [6, 6.07) is 4.04. The summed E-state index contributed by atoms with van der Waals surface area (Å²) in [7, 11) is 0. The van der Waals surface area contributed by atoms with Crippen LogP contribution in [0.15, 0.2) is 22.9 Å². The lowest BCUT2D eigenvalue weighted by molar-refractivity contribution is -0.119. The van der Waals surface area contributed by atoms with E-state index in [0.717, 1.165) is 35.6 Å². The number of rotatable bonds is 5. The maximum absolute atomic E-state index is 12.7. The van der Waals surface area contributed by atoms with Crippen molar-refractivity contribution < 1.29 is 9.59 Å². The Morgan fingerprint density at radius 1 is 1.32 bits per heavy atom. The first-order valence-corrected chi connectivity index (χ1v) is 9.00. The van der Waals surface area contributed by atoms with Gasteiger partial charge in [0.15, 0.2) is 0 Å². The van der Waals surface area contributed by atoms with Gasteiger partial charge in [0, 0.05) is 11.4 Å². The molecule has 0 saturated heterocycles. The monoisotopic (exact) mass is 335 g/mol. The Bertz CT molecular complexity index is 660. The zero-order chi connectivity index (χ0) is 15.5. The number of hydrogen-bond donors (Lipinski definition) is 1. The van der Waals surface area contributed by atoms with E-state index in [1.165, 1.54) is 11.3 Å². The summed E-state index contributed by atoms with van der Waals surface area (Å²) in [4.78, 5) is 31.1. The second kappa shape index (κ2) is 6.58. The van der Waals surface area contributed by atoms with Gasteiger partial charge in [0.1, 0.15) is 10.7 Å². The van der Waals surface area contributed by atoms with Gasteiger partial charge in [-0.25, -0.2) is 4.98 Å². The van der Waals surface area contributed by atoms with Crippen LogP contribution in [-0.2, 0) is 4.79 Å². The molecule has 0 aromatic carbocycles. The Morgan fingerprint density at radius 3 is 2.73 bits per heavy atom. The van der Waals surface area contributed by atoms with Crippen molar-refractivity contribution in [1.82, 2.24) is 9.88 Å². The molecule has 1 fully saturated rings. The van der Waals surface area contributed by atoms with Gasteiger partial charge in [-0.2, -0.15) is 0 Å². The molecule has 116 valence electrons. The van der Waals surface area contributed by atoms with Gasteiger partial charge in [0.05, 0.1) is 11.4 Å². The van der Waals surface area contributed by atoms with E-state index in [2.05, 4.69) is 4.98 Å². The number of thiazole rings is 1. The van der Waals surface area contributed by atoms with Crippen LogP contribution in [0.1, 0.15) is 36.2 Å². The van der Waals surface area contributed by atoms with Crippen molar-refractivity contribution in [2.24, 2.45) is 5.73 Å². The van der Waals surface area contributed by atoms with Crippen LogP contribution in [0.2, 0.25) is 0 Å². The van der Waals surface area contributed by atoms with Crippen LogP contribution < -0.4 is 5.73 Å². The largest absolute Gasteiger partial charge is 0.368 e. The van der Waals surface area contributed by atoms with Gasteiger partial charge < -0.3 is 10.6 Å². The number of carbonyl (C=O) groups excluding carboxylic acids is 2. The Labute approximate surface area is 136 Å². The van der Waals surface area contributed by atoms with E-state index in [1.54, 1.807) is 21.6 Å². The highest BCUT2D eigenvalue weighted by Crippen LogP contribution is 2.29. The summed E-state index contributed by atoms with van der Waals surface area (Å²) in [5.41, 5.74) is 5.71. The molecule has 0 atom stereocenters. The first-order valence-electron chi connectivity index (χ1n) is 7.24. The second-order valence-corrected chi connectivity index (χ2v) is 7.16. The quantitative estimate of drug-likeness (QED) is 0.913. The highest BCUT2D eigenvalue weighted by molar-refractivity contribution is 7.20. The fourth-order valence-corrected chi connectivity index (χ4v) is 4.39. The van der Waals surface area contributed by atoms with Crippen LogP contribution in [-0.4, -0.2) is 34.3 Å². The Hall–Kier alpha value is -1.73. The maximum Gasteiger partial charge on any atom is 0.274 e. The molecule has 0 bridgehead atoms. The lowest BCUT2D eigenvalue weighted by atomic mass is 10.2. The third-order valence-electron chi connectivity index (χ3n) is 3.81. The van der Waals surface area contributed by atoms with Crippen molar-refractivity contribution in [3.8, 4) is 9.88 Å². The van der Waals surface area contributed by atoms with Crippen molar-refractivity contribution in [1.29, 1.82) is 0 Å². The van der Waals surface area contributed by atoms with E-state index in [0.29, 0.717) is 5.69 Å². The van der Waals surface area contributed by atoms with Crippen LogP contribution in [0.4, 0.5) is 0 Å². The smallest absolute Gasteiger partial charge is 0.274 e. The molecule has 22 heavy (non-hydrogen) atoms. The van der Waals surface area contributed by atoms with Crippen LogP contribution >= 0.6 is 22.7 Å². The van der Waals surface area contributed by atoms with E-state index in [-0.39, 0.29) is 18.5 Å². The molecule has 2 amide bonds. The first kappa shape index (κ1) is 15.2. The van der Waals surface area contributed by atoms with E-state index in [4.69, 9.17) is 5.73 Å². The average Bonchev–Trinajstić information content (AvgIpc) is 3.25. The molecule has 7 heteroatoms. The molecule has 3 rings (SSSR count). The van der Waals surface area contributed by atoms with E-state index < -0.39 is 5.91 Å². The summed E-state index contributed by atoms with van der Waals surface area (Å²) in [5.74, 6) is -0.668. The number of nitrogens with zero attached hydrogens (tertiary/aromatic N) is 2. The van der Waals surface area contributed by atoms with Crippen LogP contribution in [0, 0.1) is 0 Å². The number of nitrogens with two attached hydrogens (primary N) is 1. The molecule has 1 saturated carbocycles. The van der Waals surface area contributed by atoms with Crippen LogP contribution in [0.5, 0.6) is 0 Å². The molecule has 0 radical (unpaired) electrons. The molecule has 1 aliphatic carbocycles. The van der Waals surface area contributed by atoms with E-state index in [1.807, 2.05) is 17.5 Å². The van der Waals surface area contributed by atoms with Crippen molar-refractivity contribution >= 4 is 34.5 Å². The molecule has 2 aromatic heterocycles. The summed E-state index contributed by atoms with van der Waals surface area (Å²) >= 11 is 3.04. The third kappa shape index (κ3) is 3.20. The summed E-state index contributed by atoms with van der Waals surface area (Å²) < 4.78 is 0. The molecule has 5 nitrogen and oxygen atoms in total. The summed E-state index contributed by atoms with van der Waals surface area (Å²) in [6.45, 7) is -0.0324. The number of carbonyl (C=O) groups is 2. The Kier molecular flexibility index (Phi) is 4.54. The second-order valence-electron chi connectivity index (χ2n) is 5.35. The standard InChI is InChI=1S/C15H17N3O2S2/c16-13(19)8-18(10-4-1-2-5-10)15(20)11-9-22-14(17-11)12-6-3-7-21-12/h3,6-7,9-10H,1-2,4-5,8H2,(H2,16,19). The normalized spacial score (nSPS) is 15.1. The minimum absolute atomic E-state index is 0.0324. The van der Waals surface area contributed by atoms with Crippen molar-refractivity contribution in [3.63, 3.8) is 0 Å². The fourth-order valence-electron chi connectivity index (χ4n) is 2.78. The maximum atomic E-state index is 12.7. The van der Waals surface area contributed by atoms with Gasteiger partial charge in [-0.05, 0) is 24.3 Å². The number of thiophene rings is 1. The molecule has 0 aliphatic heterocycles. The van der Waals surface area contributed by atoms with Crippen LogP contribution in [0.25, 0.3) is 9.88 Å². The van der Waals surface area contributed by atoms with Crippen molar-refractivity contribution in [3.05, 3.63) is 28.6 Å². The Balaban J connectivity index is 1.81. The highest BCUT2D eigenvalue weighted by atomic mass is 32.1. The molecular formula is C15H17N3O2S2. The van der Waals surface area contributed by atoms with E-state index in [9.17, 15) is 9.59 Å².